The highest BCUT2D eigenvalue weighted by molar-refractivity contribution is 6.06. The van der Waals surface area contributed by atoms with Gasteiger partial charge in [-0.3, -0.25) is 19.5 Å². The Balaban J connectivity index is 1.63. The van der Waals surface area contributed by atoms with E-state index in [0.717, 1.165) is 17.3 Å². The summed E-state index contributed by atoms with van der Waals surface area (Å²) in [4.78, 5) is 51.8. The van der Waals surface area contributed by atoms with E-state index in [9.17, 15) is 19.2 Å². The Morgan fingerprint density at radius 1 is 0.927 bits per heavy atom. The number of amides is 1. The van der Waals surface area contributed by atoms with Crippen molar-refractivity contribution in [2.24, 2.45) is 0 Å². The van der Waals surface area contributed by atoms with Gasteiger partial charge >= 0.3 is 5.97 Å². The van der Waals surface area contributed by atoms with Crippen molar-refractivity contribution in [3.05, 3.63) is 136 Å². The van der Waals surface area contributed by atoms with Crippen molar-refractivity contribution < 1.29 is 19.1 Å². The minimum absolute atomic E-state index is 0.0892. The van der Waals surface area contributed by atoms with E-state index in [1.54, 1.807) is 48.1 Å². The number of nitrogens with zero attached hydrogens (tertiary/aromatic N) is 3. The number of aromatic nitrogens is 4. The van der Waals surface area contributed by atoms with Crippen LogP contribution in [0.1, 0.15) is 38.1 Å². The minimum Gasteiger partial charge on any atom is -0.461 e. The summed E-state index contributed by atoms with van der Waals surface area (Å²) in [5.74, 6) is -2.24. The summed E-state index contributed by atoms with van der Waals surface area (Å²) in [6.07, 6.45) is 3.18. The van der Waals surface area contributed by atoms with Crippen LogP contribution in [0.2, 0.25) is 0 Å². The second-order valence-corrected chi connectivity index (χ2v) is 8.83. The molecule has 3 aromatic carbocycles. The molecule has 2 heterocycles. The zero-order valence-electron chi connectivity index (χ0n) is 22.0. The summed E-state index contributed by atoms with van der Waals surface area (Å²) >= 11 is 0. The van der Waals surface area contributed by atoms with Gasteiger partial charge in [0.1, 0.15) is 17.1 Å². The zero-order valence-corrected chi connectivity index (χ0v) is 22.0. The number of carbonyl (C=O) groups excluding carboxylic acids is 3. The molecule has 0 radical (unpaired) electrons. The molecule has 0 fully saturated rings. The molecule has 2 aromatic heterocycles. The molecule has 2 N–H and O–H groups in total. The van der Waals surface area contributed by atoms with Crippen LogP contribution < -0.4 is 10.9 Å². The fraction of sp³-hybridized carbons (Fsp3) is 0.0645. The van der Waals surface area contributed by atoms with Gasteiger partial charge < -0.3 is 10.1 Å². The predicted molar refractivity (Wildman–Crippen MR) is 153 cm³/mol. The van der Waals surface area contributed by atoms with Gasteiger partial charge in [0.15, 0.2) is 0 Å². The van der Waals surface area contributed by atoms with Gasteiger partial charge in [-0.25, -0.2) is 9.48 Å². The average molecular weight is 548 g/mol. The zero-order chi connectivity index (χ0) is 28.8. The van der Waals surface area contributed by atoms with Crippen LogP contribution in [0.5, 0.6) is 0 Å². The van der Waals surface area contributed by atoms with Crippen molar-refractivity contribution in [2.75, 3.05) is 6.61 Å². The van der Waals surface area contributed by atoms with E-state index >= 15 is 0 Å². The lowest BCUT2D eigenvalue weighted by Gasteiger charge is -2.10. The maximum atomic E-state index is 13.7. The molecule has 10 heteroatoms. The van der Waals surface area contributed by atoms with E-state index in [2.05, 4.69) is 10.4 Å². The highest BCUT2D eigenvalue weighted by atomic mass is 16.5. The van der Waals surface area contributed by atoms with Crippen molar-refractivity contribution in [1.82, 2.24) is 24.9 Å². The molecule has 1 amide bonds. The molecule has 0 aliphatic heterocycles. The van der Waals surface area contributed by atoms with E-state index < -0.39 is 23.3 Å². The molecule has 204 valence electrons. The number of ether oxygens (including phenoxy) is 1. The number of hydrogen-bond acceptors (Lipinski definition) is 6. The van der Waals surface area contributed by atoms with E-state index in [1.807, 2.05) is 60.7 Å². The predicted octanol–water partition coefficient (Wildman–Crippen LogP) is 4.32. The summed E-state index contributed by atoms with van der Waals surface area (Å²) in [6.45, 7) is 1.71. The topological polar surface area (TPSA) is 128 Å². The van der Waals surface area contributed by atoms with Gasteiger partial charge in [0.2, 0.25) is 0 Å². The number of nitrogens with one attached hydrogen (secondary N) is 2. The molecule has 41 heavy (non-hydrogen) atoms. The van der Waals surface area contributed by atoms with Crippen LogP contribution in [0.25, 0.3) is 23.0 Å². The van der Waals surface area contributed by atoms with Gasteiger partial charge in [0.05, 0.1) is 12.3 Å². The third-order valence-corrected chi connectivity index (χ3v) is 6.04. The third kappa shape index (κ3) is 5.96. The van der Waals surface area contributed by atoms with Crippen molar-refractivity contribution >= 4 is 23.9 Å². The normalized spacial score (nSPS) is 11.2. The largest absolute Gasteiger partial charge is 0.461 e. The number of esters is 1. The van der Waals surface area contributed by atoms with Crippen LogP contribution in [0.3, 0.4) is 0 Å². The number of allylic oxidation sites excluding steroid dienone is 1. The van der Waals surface area contributed by atoms with Gasteiger partial charge in [-0.05, 0) is 37.3 Å². The van der Waals surface area contributed by atoms with Crippen LogP contribution in [-0.2, 0) is 4.74 Å². The molecule has 10 nitrogen and oxygen atoms in total. The third-order valence-electron chi connectivity index (χ3n) is 6.04. The molecule has 0 aliphatic carbocycles. The first kappa shape index (κ1) is 26.8. The fourth-order valence-corrected chi connectivity index (χ4v) is 4.10. The quantitative estimate of drug-likeness (QED) is 0.220. The minimum atomic E-state index is -0.888. The smallest absolute Gasteiger partial charge is 0.356 e. The highest BCUT2D eigenvalue weighted by Gasteiger charge is 2.23. The molecule has 5 rings (SSSR count). The number of hydrogen-bond donors (Lipinski definition) is 2. The number of aromatic amines is 1. The van der Waals surface area contributed by atoms with Crippen LogP contribution in [0, 0.1) is 0 Å². The number of rotatable bonds is 8. The molecule has 0 saturated heterocycles. The second kappa shape index (κ2) is 12.0. The second-order valence-electron chi connectivity index (χ2n) is 8.83. The van der Waals surface area contributed by atoms with Crippen molar-refractivity contribution in [2.45, 2.75) is 6.92 Å². The maximum absolute atomic E-state index is 13.7. The molecule has 0 atom stereocenters. The first-order chi connectivity index (χ1) is 19.9. The summed E-state index contributed by atoms with van der Waals surface area (Å²) in [5.41, 5.74) is 1.70. The molecule has 0 spiro atoms. The van der Waals surface area contributed by atoms with Crippen molar-refractivity contribution in [3.63, 3.8) is 0 Å². The summed E-state index contributed by atoms with van der Waals surface area (Å²) in [7, 11) is 0. The summed E-state index contributed by atoms with van der Waals surface area (Å²) < 4.78 is 7.24. The van der Waals surface area contributed by atoms with Crippen LogP contribution in [0.15, 0.2) is 114 Å². The molecule has 0 unspecified atom stereocenters. The monoisotopic (exact) mass is 547 g/mol. The molecule has 0 saturated carbocycles. The molecule has 5 aromatic rings. The SMILES string of the molecule is CCOC(=O)c1cc(=O)n(C(=O)/C(=C/c2cn(-c3ccccc3)nc2-c2ccccc2)NC(=O)c2ccccc2)[nH]1. The van der Waals surface area contributed by atoms with E-state index in [4.69, 9.17) is 9.84 Å². The Bertz CT molecular complexity index is 1780. The lowest BCUT2D eigenvalue weighted by molar-refractivity contribution is 0.0518. The Kier molecular flexibility index (Phi) is 7.82. The Morgan fingerprint density at radius 3 is 2.22 bits per heavy atom. The average Bonchev–Trinajstić information content (AvgIpc) is 3.61. The summed E-state index contributed by atoms with van der Waals surface area (Å²) in [6, 6.07) is 28.1. The van der Waals surface area contributed by atoms with E-state index in [1.165, 1.54) is 6.08 Å². The van der Waals surface area contributed by atoms with Crippen LogP contribution >= 0.6 is 0 Å². The van der Waals surface area contributed by atoms with Gasteiger partial charge in [-0.1, -0.05) is 66.7 Å². The highest BCUT2D eigenvalue weighted by Crippen LogP contribution is 2.25. The number of para-hydroxylation sites is 1. The maximum Gasteiger partial charge on any atom is 0.356 e. The van der Waals surface area contributed by atoms with Gasteiger partial charge in [-0.2, -0.15) is 9.78 Å². The molecule has 0 bridgehead atoms. The lowest BCUT2D eigenvalue weighted by Crippen LogP contribution is -2.34. The van der Waals surface area contributed by atoms with Crippen LogP contribution in [0.4, 0.5) is 0 Å². The van der Waals surface area contributed by atoms with Gasteiger partial charge in [-0.15, -0.1) is 0 Å². The van der Waals surface area contributed by atoms with Gasteiger partial charge in [0, 0.05) is 29.0 Å². The molecule has 0 aliphatic rings. The number of H-pyrrole nitrogens is 1. The Hall–Kier alpha value is -5.77. The number of benzene rings is 3. The first-order valence-electron chi connectivity index (χ1n) is 12.8. The van der Waals surface area contributed by atoms with E-state index in [-0.39, 0.29) is 18.0 Å². The lowest BCUT2D eigenvalue weighted by atomic mass is 10.1. The molecular weight excluding hydrogens is 522 g/mol. The standard InChI is InChI=1S/C31H25N5O5/c1-2-41-31(40)26-19-27(37)36(33-26)30(39)25(32-29(38)22-14-8-4-9-15-22)18-23-20-35(24-16-10-5-11-17-24)34-28(23)21-12-6-3-7-13-21/h3-20,33H,2H2,1H3,(H,32,38)/b25-18-. The van der Waals surface area contributed by atoms with Crippen molar-refractivity contribution in [3.8, 4) is 16.9 Å². The Labute approximate surface area is 234 Å². The van der Waals surface area contributed by atoms with E-state index in [0.29, 0.717) is 21.5 Å². The fourth-order valence-electron chi connectivity index (χ4n) is 4.10. The number of carbonyl (C=O) groups is 3. The van der Waals surface area contributed by atoms with Gasteiger partial charge in [0.25, 0.3) is 17.4 Å². The Morgan fingerprint density at radius 2 is 1.56 bits per heavy atom. The first-order valence-corrected chi connectivity index (χ1v) is 12.8. The van der Waals surface area contributed by atoms with Crippen molar-refractivity contribution in [1.29, 1.82) is 0 Å². The molecular formula is C31H25N5O5. The van der Waals surface area contributed by atoms with Crippen LogP contribution in [-0.4, -0.2) is 44.0 Å². The summed E-state index contributed by atoms with van der Waals surface area (Å²) in [5, 5.41) is 9.88.